The summed E-state index contributed by atoms with van der Waals surface area (Å²) in [7, 11) is 0. The topological polar surface area (TPSA) is 121 Å². The smallest absolute Gasteiger partial charge is 0.352 e. The van der Waals surface area contributed by atoms with Gasteiger partial charge in [-0.2, -0.15) is 0 Å². The van der Waals surface area contributed by atoms with Gasteiger partial charge in [-0.15, -0.1) is 5.10 Å². The number of fused-ring (bicyclic) bond motifs is 1. The molecule has 2 aromatic rings. The zero-order valence-electron chi connectivity index (χ0n) is 15.8. The molecule has 1 fully saturated rings. The van der Waals surface area contributed by atoms with Crippen molar-refractivity contribution in [3.63, 3.8) is 0 Å². The summed E-state index contributed by atoms with van der Waals surface area (Å²) >= 11 is 0. The Morgan fingerprint density at radius 2 is 2.00 bits per heavy atom. The van der Waals surface area contributed by atoms with E-state index in [4.69, 9.17) is 0 Å². The van der Waals surface area contributed by atoms with Gasteiger partial charge in [0, 0.05) is 0 Å². The minimum Gasteiger partial charge on any atom is -0.477 e. The lowest BCUT2D eigenvalue weighted by molar-refractivity contribution is -0.161. The van der Waals surface area contributed by atoms with Crippen LogP contribution in [0.25, 0.3) is 11.3 Å². The molecule has 3 heterocycles. The number of carbonyl (C=O) groups is 2. The molecule has 4 rings (SSSR count). The van der Waals surface area contributed by atoms with E-state index in [1.54, 1.807) is 6.92 Å². The number of benzene rings is 1. The zero-order chi connectivity index (χ0) is 20.2. The quantitative estimate of drug-likeness (QED) is 0.744. The van der Waals surface area contributed by atoms with E-state index in [2.05, 4.69) is 15.5 Å². The Morgan fingerprint density at radius 1 is 1.25 bits per heavy atom. The van der Waals surface area contributed by atoms with Gasteiger partial charge in [-0.05, 0) is 58.5 Å². The highest BCUT2D eigenvalue weighted by Crippen LogP contribution is 2.47. The van der Waals surface area contributed by atoms with Crippen molar-refractivity contribution >= 4 is 17.4 Å². The summed E-state index contributed by atoms with van der Waals surface area (Å²) in [5.41, 5.74) is 3.03. The Kier molecular flexibility index (Phi) is 4.26. The molecule has 0 saturated carbocycles. The van der Waals surface area contributed by atoms with Crippen LogP contribution in [0.4, 0.5) is 0 Å². The highest BCUT2D eigenvalue weighted by Gasteiger charge is 2.56. The number of hydrogen-bond donors (Lipinski definition) is 2. The minimum absolute atomic E-state index is 0.00419. The molecule has 0 spiro atoms. The van der Waals surface area contributed by atoms with Gasteiger partial charge in [-0.25, -0.2) is 9.48 Å². The number of carboxylic acid groups (broad SMARTS) is 1. The van der Waals surface area contributed by atoms with Crippen molar-refractivity contribution in [1.29, 1.82) is 0 Å². The van der Waals surface area contributed by atoms with Crippen molar-refractivity contribution in [1.82, 2.24) is 25.1 Å². The van der Waals surface area contributed by atoms with E-state index in [-0.39, 0.29) is 23.6 Å². The van der Waals surface area contributed by atoms with Gasteiger partial charge >= 0.3 is 5.97 Å². The number of rotatable bonds is 5. The number of carbonyl (C=O) groups excluding carboxylic acids is 1. The van der Waals surface area contributed by atoms with Crippen molar-refractivity contribution in [3.05, 3.63) is 41.4 Å². The van der Waals surface area contributed by atoms with E-state index < -0.39 is 18.0 Å². The van der Waals surface area contributed by atoms with Crippen molar-refractivity contribution in [3.8, 4) is 5.69 Å². The van der Waals surface area contributed by atoms with E-state index in [0.717, 1.165) is 16.8 Å². The minimum atomic E-state index is -1.14. The first-order valence-electron chi connectivity index (χ1n) is 9.16. The maximum Gasteiger partial charge on any atom is 0.352 e. The predicted molar refractivity (Wildman–Crippen MR) is 98.2 cm³/mol. The average Bonchev–Trinajstić information content (AvgIpc) is 3.27. The second-order valence-electron chi connectivity index (χ2n) is 7.60. The van der Waals surface area contributed by atoms with E-state index in [0.29, 0.717) is 12.0 Å². The van der Waals surface area contributed by atoms with Crippen LogP contribution in [0.2, 0.25) is 0 Å². The second-order valence-corrected chi connectivity index (χ2v) is 7.60. The van der Waals surface area contributed by atoms with Gasteiger partial charge in [0.2, 0.25) is 5.91 Å². The van der Waals surface area contributed by atoms with Crippen LogP contribution >= 0.6 is 0 Å². The summed E-state index contributed by atoms with van der Waals surface area (Å²) in [4.78, 5) is 25.7. The summed E-state index contributed by atoms with van der Waals surface area (Å²) in [5, 5.41) is 31.0. The van der Waals surface area contributed by atoms with Crippen LogP contribution in [0, 0.1) is 5.92 Å². The maximum atomic E-state index is 12.4. The lowest BCUT2D eigenvalue weighted by Gasteiger charge is -2.44. The SMILES string of the molecule is CC(C)c1cc(C2=C(C(=O)O)N3C(=O)C(C(C)O)C3C2)cc(-n2cnnn2)c1. The third-order valence-corrected chi connectivity index (χ3v) is 5.50. The summed E-state index contributed by atoms with van der Waals surface area (Å²) in [6.45, 7) is 5.65. The highest BCUT2D eigenvalue weighted by molar-refractivity contribution is 6.06. The van der Waals surface area contributed by atoms with Gasteiger partial charge in [-0.3, -0.25) is 4.79 Å². The molecule has 2 aliphatic heterocycles. The first-order chi connectivity index (χ1) is 13.3. The van der Waals surface area contributed by atoms with E-state index in [1.807, 2.05) is 32.0 Å². The molecular weight excluding hydrogens is 362 g/mol. The Balaban J connectivity index is 1.84. The number of amides is 1. The number of nitrogens with zero attached hydrogens (tertiary/aromatic N) is 5. The van der Waals surface area contributed by atoms with Crippen molar-refractivity contribution < 1.29 is 19.8 Å². The van der Waals surface area contributed by atoms with Crippen LogP contribution in [0.15, 0.2) is 30.2 Å². The molecule has 146 valence electrons. The Labute approximate surface area is 161 Å². The number of aliphatic hydroxyl groups excluding tert-OH is 1. The standard InChI is InChI=1S/C19H21N5O4/c1-9(2)11-4-12(6-13(5-11)23-8-20-21-22-23)14-7-15-16(10(3)25)18(26)24(15)17(14)19(27)28/h4-6,8-10,15-16,25H,7H2,1-3H3,(H,27,28). The normalized spacial score (nSPS) is 22.5. The molecule has 0 aliphatic carbocycles. The van der Waals surface area contributed by atoms with Gasteiger partial charge in [0.15, 0.2) is 0 Å². The summed E-state index contributed by atoms with van der Waals surface area (Å²) < 4.78 is 1.52. The third-order valence-electron chi connectivity index (χ3n) is 5.50. The zero-order valence-corrected chi connectivity index (χ0v) is 15.8. The largest absolute Gasteiger partial charge is 0.477 e. The predicted octanol–water partition coefficient (Wildman–Crippen LogP) is 1.19. The second kappa shape index (κ2) is 6.52. The molecule has 2 aliphatic rings. The number of hydrogen-bond acceptors (Lipinski definition) is 6. The molecular formula is C19H21N5O4. The lowest BCUT2D eigenvalue weighted by atomic mass is 9.82. The van der Waals surface area contributed by atoms with E-state index in [9.17, 15) is 19.8 Å². The molecule has 1 aromatic heterocycles. The molecule has 3 atom stereocenters. The fourth-order valence-corrected chi connectivity index (χ4v) is 4.08. The van der Waals surface area contributed by atoms with Gasteiger partial charge in [0.05, 0.1) is 23.8 Å². The fraction of sp³-hybridized carbons (Fsp3) is 0.421. The monoisotopic (exact) mass is 383 g/mol. The van der Waals surface area contributed by atoms with E-state index in [1.165, 1.54) is 15.9 Å². The molecule has 28 heavy (non-hydrogen) atoms. The average molecular weight is 383 g/mol. The van der Waals surface area contributed by atoms with Gasteiger partial charge < -0.3 is 15.1 Å². The van der Waals surface area contributed by atoms with Crippen LogP contribution in [0.3, 0.4) is 0 Å². The number of aromatic nitrogens is 4. The van der Waals surface area contributed by atoms with Gasteiger partial charge in [0.1, 0.15) is 12.0 Å². The van der Waals surface area contributed by atoms with Crippen molar-refractivity contribution in [2.45, 2.75) is 45.3 Å². The van der Waals surface area contributed by atoms with Gasteiger partial charge in [-0.1, -0.05) is 19.9 Å². The van der Waals surface area contributed by atoms with Crippen LogP contribution < -0.4 is 0 Å². The number of aliphatic carboxylic acids is 1. The third kappa shape index (κ3) is 2.70. The number of aliphatic hydroxyl groups is 1. The van der Waals surface area contributed by atoms with Crippen molar-refractivity contribution in [2.24, 2.45) is 5.92 Å². The van der Waals surface area contributed by atoms with Crippen LogP contribution in [-0.4, -0.2) is 59.3 Å². The Bertz CT molecular complexity index is 980. The molecule has 9 nitrogen and oxygen atoms in total. The molecule has 1 saturated heterocycles. The summed E-state index contributed by atoms with van der Waals surface area (Å²) in [6.07, 6.45) is 1.05. The van der Waals surface area contributed by atoms with Crippen LogP contribution in [0.5, 0.6) is 0 Å². The summed E-state index contributed by atoms with van der Waals surface area (Å²) in [5.74, 6) is -1.85. The van der Waals surface area contributed by atoms with Gasteiger partial charge in [0.25, 0.3) is 0 Å². The number of β-lactam (4-membered cyclic amide) rings is 1. The molecule has 2 N–H and O–H groups in total. The van der Waals surface area contributed by atoms with Crippen LogP contribution in [0.1, 0.15) is 44.2 Å². The molecule has 3 unspecified atom stereocenters. The highest BCUT2D eigenvalue weighted by atomic mass is 16.4. The van der Waals surface area contributed by atoms with E-state index >= 15 is 0 Å². The molecule has 1 amide bonds. The number of tetrazole rings is 1. The van der Waals surface area contributed by atoms with Crippen LogP contribution in [-0.2, 0) is 9.59 Å². The molecule has 9 heteroatoms. The first-order valence-corrected chi connectivity index (χ1v) is 9.16. The maximum absolute atomic E-state index is 12.4. The lowest BCUT2D eigenvalue weighted by Crippen LogP contribution is -2.61. The first kappa shape index (κ1) is 18.3. The molecule has 0 bridgehead atoms. The summed E-state index contributed by atoms with van der Waals surface area (Å²) in [6, 6.07) is 5.41. The number of carboxylic acids is 1. The van der Waals surface area contributed by atoms with Crippen molar-refractivity contribution in [2.75, 3.05) is 0 Å². The Hall–Kier alpha value is -3.07. The Morgan fingerprint density at radius 3 is 2.57 bits per heavy atom. The molecule has 1 aromatic carbocycles. The fourth-order valence-electron chi connectivity index (χ4n) is 4.08. The molecule has 0 radical (unpaired) electrons.